The van der Waals surface area contributed by atoms with E-state index in [1.165, 1.54) is 38.9 Å². The van der Waals surface area contributed by atoms with Gasteiger partial charge in [0.15, 0.2) is 0 Å². The highest BCUT2D eigenvalue weighted by Gasteiger charge is 2.33. The van der Waals surface area contributed by atoms with E-state index in [0.29, 0.717) is 49.0 Å². The number of sulfonamides is 2. The van der Waals surface area contributed by atoms with Gasteiger partial charge in [-0.15, -0.1) is 0 Å². The number of nitrogens with zero attached hydrogens (tertiary/aromatic N) is 2. The highest BCUT2D eigenvalue weighted by Crippen LogP contribution is 2.35. The standard InChI is InChI=1S/C18H19ClN2O5S2/c19-15-1-3-16(4-2-15)28(24,25)21-8-7-14-13-17(5-6-18(14)21)27(22,23)20-9-11-26-12-10-20/h1-6,13H,7-12H2. The van der Waals surface area contributed by atoms with Crippen LogP contribution in [0.5, 0.6) is 0 Å². The predicted octanol–water partition coefficient (Wildman–Crippen LogP) is 2.11. The first kappa shape index (κ1) is 19.7. The Bertz CT molecular complexity index is 1100. The predicted molar refractivity (Wildman–Crippen MR) is 106 cm³/mol. The van der Waals surface area contributed by atoms with Crippen molar-refractivity contribution in [3.63, 3.8) is 0 Å². The first-order valence-electron chi connectivity index (χ1n) is 8.79. The van der Waals surface area contributed by atoms with Gasteiger partial charge in [0.05, 0.1) is 28.7 Å². The molecule has 0 radical (unpaired) electrons. The Morgan fingerprint density at radius 3 is 2.14 bits per heavy atom. The first-order chi connectivity index (χ1) is 13.3. The largest absolute Gasteiger partial charge is 0.379 e. The van der Waals surface area contributed by atoms with Crippen molar-refractivity contribution in [2.24, 2.45) is 0 Å². The van der Waals surface area contributed by atoms with E-state index in [-0.39, 0.29) is 16.3 Å². The molecule has 28 heavy (non-hydrogen) atoms. The van der Waals surface area contributed by atoms with E-state index in [4.69, 9.17) is 16.3 Å². The molecule has 4 rings (SSSR count). The zero-order valence-electron chi connectivity index (χ0n) is 14.9. The molecule has 0 N–H and O–H groups in total. The third-order valence-electron chi connectivity index (χ3n) is 4.91. The summed E-state index contributed by atoms with van der Waals surface area (Å²) in [6.45, 7) is 1.64. The van der Waals surface area contributed by atoms with E-state index < -0.39 is 20.0 Å². The zero-order valence-corrected chi connectivity index (χ0v) is 17.3. The van der Waals surface area contributed by atoms with Gasteiger partial charge in [0.1, 0.15) is 0 Å². The van der Waals surface area contributed by atoms with E-state index in [1.807, 2.05) is 0 Å². The maximum Gasteiger partial charge on any atom is 0.264 e. The number of hydrogen-bond acceptors (Lipinski definition) is 5. The summed E-state index contributed by atoms with van der Waals surface area (Å²) in [5.74, 6) is 0. The minimum atomic E-state index is -3.74. The van der Waals surface area contributed by atoms with Crippen LogP contribution in [0.15, 0.2) is 52.3 Å². The fourth-order valence-corrected chi connectivity index (χ4v) is 6.52. The van der Waals surface area contributed by atoms with Gasteiger partial charge in [-0.2, -0.15) is 4.31 Å². The average molecular weight is 443 g/mol. The molecule has 7 nitrogen and oxygen atoms in total. The summed E-state index contributed by atoms with van der Waals surface area (Å²) >= 11 is 5.85. The molecular formula is C18H19ClN2O5S2. The van der Waals surface area contributed by atoms with Crippen LogP contribution >= 0.6 is 11.6 Å². The van der Waals surface area contributed by atoms with Gasteiger partial charge in [0, 0.05) is 24.7 Å². The van der Waals surface area contributed by atoms with Crippen molar-refractivity contribution >= 4 is 37.3 Å². The lowest BCUT2D eigenvalue weighted by Crippen LogP contribution is -2.40. The Morgan fingerprint density at radius 1 is 0.821 bits per heavy atom. The maximum absolute atomic E-state index is 13.0. The number of benzene rings is 2. The van der Waals surface area contributed by atoms with Gasteiger partial charge >= 0.3 is 0 Å². The third-order valence-corrected chi connectivity index (χ3v) is 8.89. The van der Waals surface area contributed by atoms with Crippen LogP contribution in [0, 0.1) is 0 Å². The molecule has 0 aromatic heterocycles. The topological polar surface area (TPSA) is 84.0 Å². The van der Waals surface area contributed by atoms with Gasteiger partial charge in [-0.1, -0.05) is 11.6 Å². The lowest BCUT2D eigenvalue weighted by atomic mass is 10.2. The number of anilines is 1. The first-order valence-corrected chi connectivity index (χ1v) is 12.0. The minimum absolute atomic E-state index is 0.148. The summed E-state index contributed by atoms with van der Waals surface area (Å²) in [5.41, 5.74) is 1.21. The van der Waals surface area contributed by atoms with E-state index >= 15 is 0 Å². The SMILES string of the molecule is O=S(=O)(c1ccc2c(c1)CCN2S(=O)(=O)c1ccc(Cl)cc1)N1CCOCC1. The summed E-state index contributed by atoms with van der Waals surface area (Å²) in [5, 5.41) is 0.457. The zero-order chi connectivity index (χ0) is 19.9. The van der Waals surface area contributed by atoms with Crippen molar-refractivity contribution in [3.05, 3.63) is 53.1 Å². The van der Waals surface area contributed by atoms with E-state index in [2.05, 4.69) is 0 Å². The van der Waals surface area contributed by atoms with E-state index in [9.17, 15) is 16.8 Å². The lowest BCUT2D eigenvalue weighted by Gasteiger charge is -2.26. The van der Waals surface area contributed by atoms with Crippen LogP contribution in [0.4, 0.5) is 5.69 Å². The van der Waals surface area contributed by atoms with Crippen LogP contribution in [-0.2, 0) is 31.2 Å². The Labute approximate surface area is 169 Å². The monoisotopic (exact) mass is 442 g/mol. The van der Waals surface area contributed by atoms with Crippen molar-refractivity contribution in [1.82, 2.24) is 4.31 Å². The molecule has 2 aromatic rings. The Balaban J connectivity index is 1.66. The van der Waals surface area contributed by atoms with Gasteiger partial charge in [-0.25, -0.2) is 16.8 Å². The molecule has 0 bridgehead atoms. The van der Waals surface area contributed by atoms with Crippen molar-refractivity contribution in [2.45, 2.75) is 16.2 Å². The van der Waals surface area contributed by atoms with Gasteiger partial charge in [-0.3, -0.25) is 4.31 Å². The Morgan fingerprint density at radius 2 is 1.46 bits per heavy atom. The number of morpholine rings is 1. The van der Waals surface area contributed by atoms with Gasteiger partial charge in [-0.05, 0) is 54.4 Å². The molecule has 10 heteroatoms. The second-order valence-corrected chi connectivity index (χ2v) is 10.8. The average Bonchev–Trinajstić information content (AvgIpc) is 3.13. The van der Waals surface area contributed by atoms with Crippen molar-refractivity contribution in [1.29, 1.82) is 0 Å². The van der Waals surface area contributed by atoms with E-state index in [1.54, 1.807) is 12.1 Å². The quantitative estimate of drug-likeness (QED) is 0.724. The molecule has 2 heterocycles. The highest BCUT2D eigenvalue weighted by atomic mass is 35.5. The molecule has 2 aromatic carbocycles. The summed E-state index contributed by atoms with van der Waals surface area (Å²) < 4.78 is 59.6. The summed E-state index contributed by atoms with van der Waals surface area (Å²) in [4.78, 5) is 0.327. The van der Waals surface area contributed by atoms with Crippen LogP contribution in [0.2, 0.25) is 5.02 Å². The molecule has 1 fully saturated rings. The van der Waals surface area contributed by atoms with Crippen molar-refractivity contribution in [2.75, 3.05) is 37.2 Å². The molecule has 0 aliphatic carbocycles. The maximum atomic E-state index is 13.0. The van der Waals surface area contributed by atoms with Crippen LogP contribution < -0.4 is 4.31 Å². The number of rotatable bonds is 4. The lowest BCUT2D eigenvalue weighted by molar-refractivity contribution is 0.0730. The minimum Gasteiger partial charge on any atom is -0.379 e. The normalized spacial score (nSPS) is 18.2. The number of hydrogen-bond donors (Lipinski definition) is 0. The Kier molecular flexibility index (Phi) is 5.13. The van der Waals surface area contributed by atoms with Crippen LogP contribution in [0.1, 0.15) is 5.56 Å². The molecule has 0 saturated carbocycles. The highest BCUT2D eigenvalue weighted by molar-refractivity contribution is 7.92. The number of ether oxygens (including phenoxy) is 1. The smallest absolute Gasteiger partial charge is 0.264 e. The van der Waals surface area contributed by atoms with Crippen LogP contribution in [0.3, 0.4) is 0 Å². The molecule has 0 unspecified atom stereocenters. The molecule has 0 spiro atoms. The van der Waals surface area contributed by atoms with Gasteiger partial charge in [0.25, 0.3) is 10.0 Å². The fraction of sp³-hybridized carbons (Fsp3) is 0.333. The number of halogens is 1. The van der Waals surface area contributed by atoms with Crippen molar-refractivity contribution < 1.29 is 21.6 Å². The van der Waals surface area contributed by atoms with Crippen LogP contribution in [0.25, 0.3) is 0 Å². The fourth-order valence-electron chi connectivity index (χ4n) is 3.43. The second kappa shape index (κ2) is 7.31. The molecule has 150 valence electrons. The van der Waals surface area contributed by atoms with Crippen molar-refractivity contribution in [3.8, 4) is 0 Å². The van der Waals surface area contributed by atoms with E-state index in [0.717, 1.165) is 0 Å². The summed E-state index contributed by atoms with van der Waals surface area (Å²) in [7, 11) is -7.36. The molecule has 0 amide bonds. The molecule has 2 aliphatic rings. The second-order valence-electron chi connectivity index (χ2n) is 6.59. The summed E-state index contributed by atoms with van der Waals surface area (Å²) in [6.07, 6.45) is 0.453. The van der Waals surface area contributed by atoms with Gasteiger partial charge < -0.3 is 4.74 Å². The molecular weight excluding hydrogens is 424 g/mol. The Hall–Kier alpha value is -1.65. The molecule has 1 saturated heterocycles. The molecule has 2 aliphatic heterocycles. The third kappa shape index (κ3) is 3.42. The number of fused-ring (bicyclic) bond motifs is 1. The van der Waals surface area contributed by atoms with Crippen LogP contribution in [-0.4, -0.2) is 54.0 Å². The van der Waals surface area contributed by atoms with Gasteiger partial charge in [0.2, 0.25) is 10.0 Å². The molecule has 0 atom stereocenters. The summed E-state index contributed by atoms with van der Waals surface area (Å²) in [6, 6.07) is 10.6.